The molecule has 0 bridgehead atoms. The Morgan fingerprint density at radius 2 is 1.74 bits per heavy atom. The highest BCUT2D eigenvalue weighted by atomic mass is 16.5. The maximum Gasteiger partial charge on any atom is 0.279 e. The van der Waals surface area contributed by atoms with Gasteiger partial charge in [0.1, 0.15) is 5.75 Å². The van der Waals surface area contributed by atoms with E-state index < -0.39 is 12.0 Å². The molecule has 0 aliphatic rings. The van der Waals surface area contributed by atoms with E-state index in [2.05, 4.69) is 21.9 Å². The van der Waals surface area contributed by atoms with Crippen molar-refractivity contribution in [2.75, 3.05) is 0 Å². The topological polar surface area (TPSA) is 83.2 Å². The average Bonchev–Trinajstić information content (AvgIpc) is 3.20. The van der Waals surface area contributed by atoms with Crippen molar-refractivity contribution in [2.24, 2.45) is 0 Å². The molecule has 6 heteroatoms. The summed E-state index contributed by atoms with van der Waals surface area (Å²) in [4.78, 5) is 27.6. The Kier molecular flexibility index (Phi) is 6.17. The monoisotopic (exact) mass is 415 g/mol. The van der Waals surface area contributed by atoms with Crippen LogP contribution >= 0.6 is 0 Å². The molecular weight excluding hydrogens is 390 g/mol. The fourth-order valence-electron chi connectivity index (χ4n) is 3.57. The molecule has 31 heavy (non-hydrogen) atoms. The van der Waals surface area contributed by atoms with Gasteiger partial charge in [-0.05, 0) is 54.3 Å². The number of hydrogen-bond acceptors (Lipinski definition) is 3. The molecule has 0 radical (unpaired) electrons. The van der Waals surface area contributed by atoms with Crippen LogP contribution in [0.3, 0.4) is 0 Å². The van der Waals surface area contributed by atoms with Crippen LogP contribution in [0.4, 0.5) is 0 Å². The Morgan fingerprint density at radius 1 is 0.968 bits per heavy atom. The lowest BCUT2D eigenvalue weighted by Crippen LogP contribution is -2.47. The quantitative estimate of drug-likeness (QED) is 0.395. The summed E-state index contributed by atoms with van der Waals surface area (Å²) < 4.78 is 5.72. The van der Waals surface area contributed by atoms with Crippen LogP contribution in [0.1, 0.15) is 25.3 Å². The smallest absolute Gasteiger partial charge is 0.279 e. The molecule has 0 saturated heterocycles. The van der Waals surface area contributed by atoms with Crippen LogP contribution < -0.4 is 15.6 Å². The van der Waals surface area contributed by atoms with E-state index in [4.69, 9.17) is 4.74 Å². The third kappa shape index (κ3) is 5.04. The predicted octanol–water partition coefficient (Wildman–Crippen LogP) is 4.26. The van der Waals surface area contributed by atoms with Gasteiger partial charge in [-0.1, -0.05) is 48.5 Å². The lowest BCUT2D eigenvalue weighted by molar-refractivity contribution is -0.132. The lowest BCUT2D eigenvalue weighted by Gasteiger charge is -2.15. The first kappa shape index (κ1) is 20.5. The molecule has 1 heterocycles. The molecule has 0 aliphatic carbocycles. The maximum atomic E-state index is 12.3. The van der Waals surface area contributed by atoms with Gasteiger partial charge in [0.05, 0.1) is 0 Å². The predicted molar refractivity (Wildman–Crippen MR) is 122 cm³/mol. The number of ether oxygens (including phenoxy) is 1. The highest BCUT2D eigenvalue weighted by molar-refractivity contribution is 5.86. The van der Waals surface area contributed by atoms with Gasteiger partial charge in [0.25, 0.3) is 5.91 Å². The largest absolute Gasteiger partial charge is 0.481 e. The van der Waals surface area contributed by atoms with Crippen molar-refractivity contribution in [1.82, 2.24) is 15.8 Å². The number of aromatic nitrogens is 1. The van der Waals surface area contributed by atoms with Gasteiger partial charge < -0.3 is 9.72 Å². The van der Waals surface area contributed by atoms with E-state index in [0.717, 1.165) is 22.7 Å². The van der Waals surface area contributed by atoms with Crippen molar-refractivity contribution < 1.29 is 14.3 Å². The number of carbonyl (C=O) groups is 2. The fraction of sp³-hybridized carbons (Fsp3) is 0.200. The third-order valence-electron chi connectivity index (χ3n) is 5.25. The number of fused-ring (bicyclic) bond motifs is 2. The number of hydrogen-bond donors (Lipinski definition) is 3. The van der Waals surface area contributed by atoms with E-state index in [1.807, 2.05) is 66.9 Å². The van der Waals surface area contributed by atoms with Gasteiger partial charge in [-0.3, -0.25) is 20.4 Å². The first-order valence-electron chi connectivity index (χ1n) is 10.4. The number of amides is 2. The van der Waals surface area contributed by atoms with Crippen molar-refractivity contribution in [3.63, 3.8) is 0 Å². The first-order valence-corrected chi connectivity index (χ1v) is 10.4. The standard InChI is InChI=1S/C25H25N3O3/c1-17(31-21-14-13-18-7-2-3-8-19(18)15-21)25(30)28-27-24(29)12-6-9-20-16-26-23-11-5-4-10-22(20)23/h2-5,7-8,10-11,13-17,26H,6,9,12H2,1H3,(H,27,29)(H,28,30). The summed E-state index contributed by atoms with van der Waals surface area (Å²) in [6.07, 6.45) is 3.03. The molecular formula is C25H25N3O3. The molecule has 2 amide bonds. The van der Waals surface area contributed by atoms with E-state index in [1.54, 1.807) is 6.92 Å². The minimum atomic E-state index is -0.743. The molecule has 1 unspecified atom stereocenters. The van der Waals surface area contributed by atoms with Gasteiger partial charge in [0, 0.05) is 23.5 Å². The maximum absolute atomic E-state index is 12.3. The summed E-state index contributed by atoms with van der Waals surface area (Å²) >= 11 is 0. The van der Waals surface area contributed by atoms with Crippen molar-refractivity contribution in [3.8, 4) is 5.75 Å². The molecule has 4 rings (SSSR count). The van der Waals surface area contributed by atoms with Gasteiger partial charge in [-0.25, -0.2) is 0 Å². The number of para-hydroxylation sites is 1. The van der Waals surface area contributed by atoms with E-state index in [1.165, 1.54) is 10.9 Å². The minimum absolute atomic E-state index is 0.230. The van der Waals surface area contributed by atoms with Crippen LogP contribution in [-0.4, -0.2) is 22.9 Å². The Bertz CT molecular complexity index is 1210. The molecule has 158 valence electrons. The van der Waals surface area contributed by atoms with Gasteiger partial charge in [0.15, 0.2) is 6.10 Å². The number of aromatic amines is 1. The number of aryl methyl sites for hydroxylation is 1. The van der Waals surface area contributed by atoms with E-state index >= 15 is 0 Å². The van der Waals surface area contributed by atoms with Crippen LogP contribution in [0.25, 0.3) is 21.7 Å². The first-order chi connectivity index (χ1) is 15.1. The van der Waals surface area contributed by atoms with E-state index in [-0.39, 0.29) is 5.91 Å². The number of rotatable bonds is 7. The van der Waals surface area contributed by atoms with Crippen molar-refractivity contribution in [1.29, 1.82) is 0 Å². The summed E-state index contributed by atoms with van der Waals surface area (Å²) in [5.74, 6) is -0.0318. The van der Waals surface area contributed by atoms with Crippen molar-refractivity contribution in [2.45, 2.75) is 32.3 Å². The highest BCUT2D eigenvalue weighted by Gasteiger charge is 2.15. The highest BCUT2D eigenvalue weighted by Crippen LogP contribution is 2.21. The van der Waals surface area contributed by atoms with Gasteiger partial charge in [-0.2, -0.15) is 0 Å². The zero-order valence-electron chi connectivity index (χ0n) is 17.4. The normalized spacial score (nSPS) is 11.9. The second-order valence-electron chi connectivity index (χ2n) is 7.52. The number of hydrazine groups is 1. The van der Waals surface area contributed by atoms with Gasteiger partial charge >= 0.3 is 0 Å². The summed E-state index contributed by atoms with van der Waals surface area (Å²) in [7, 11) is 0. The molecule has 6 nitrogen and oxygen atoms in total. The SMILES string of the molecule is CC(Oc1ccc2ccccc2c1)C(=O)NNC(=O)CCCc1c[nH]c2ccccc12. The summed E-state index contributed by atoms with van der Waals surface area (Å²) in [5, 5.41) is 3.32. The second-order valence-corrected chi connectivity index (χ2v) is 7.52. The average molecular weight is 415 g/mol. The Morgan fingerprint density at radius 3 is 2.61 bits per heavy atom. The van der Waals surface area contributed by atoms with Crippen LogP contribution in [0.15, 0.2) is 72.9 Å². The van der Waals surface area contributed by atoms with Gasteiger partial charge in [-0.15, -0.1) is 0 Å². The molecule has 3 aromatic carbocycles. The summed E-state index contributed by atoms with van der Waals surface area (Å²) in [6.45, 7) is 1.65. The Hall–Kier alpha value is -3.80. The molecule has 0 aliphatic heterocycles. The van der Waals surface area contributed by atoms with Gasteiger partial charge in [0.2, 0.25) is 5.91 Å². The molecule has 3 N–H and O–H groups in total. The fourth-order valence-corrected chi connectivity index (χ4v) is 3.57. The number of benzene rings is 3. The number of nitrogens with one attached hydrogen (secondary N) is 3. The van der Waals surface area contributed by atoms with Crippen LogP contribution in [-0.2, 0) is 16.0 Å². The molecule has 0 fully saturated rings. The van der Waals surface area contributed by atoms with E-state index in [9.17, 15) is 9.59 Å². The van der Waals surface area contributed by atoms with Crippen LogP contribution in [0.2, 0.25) is 0 Å². The molecule has 1 atom stereocenters. The number of H-pyrrole nitrogens is 1. The summed E-state index contributed by atoms with van der Waals surface area (Å²) in [6, 6.07) is 21.7. The molecule has 0 spiro atoms. The molecule has 4 aromatic rings. The van der Waals surface area contributed by atoms with Crippen LogP contribution in [0, 0.1) is 0 Å². The lowest BCUT2D eigenvalue weighted by atomic mass is 10.1. The van der Waals surface area contributed by atoms with E-state index in [0.29, 0.717) is 18.6 Å². The summed E-state index contributed by atoms with van der Waals surface area (Å²) in [5.41, 5.74) is 7.19. The minimum Gasteiger partial charge on any atom is -0.481 e. The third-order valence-corrected chi connectivity index (χ3v) is 5.25. The Labute approximate surface area is 180 Å². The van der Waals surface area contributed by atoms with Crippen molar-refractivity contribution in [3.05, 3.63) is 78.5 Å². The number of carbonyl (C=O) groups excluding carboxylic acids is 2. The molecule has 0 saturated carbocycles. The zero-order valence-corrected chi connectivity index (χ0v) is 17.4. The molecule has 1 aromatic heterocycles. The second kappa shape index (κ2) is 9.34. The van der Waals surface area contributed by atoms with Crippen LogP contribution in [0.5, 0.6) is 5.75 Å². The zero-order chi connectivity index (χ0) is 21.6. The Balaban J connectivity index is 1.21. The van der Waals surface area contributed by atoms with Crippen molar-refractivity contribution >= 4 is 33.5 Å².